The molecule has 0 radical (unpaired) electrons. The van der Waals surface area contributed by atoms with Crippen LogP contribution in [0.1, 0.15) is 24.3 Å². The summed E-state index contributed by atoms with van der Waals surface area (Å²) in [6, 6.07) is 8.40. The van der Waals surface area contributed by atoms with Crippen LogP contribution in [-0.4, -0.2) is 20.3 Å². The van der Waals surface area contributed by atoms with Gasteiger partial charge in [-0.15, -0.1) is 11.3 Å². The Morgan fingerprint density at radius 1 is 1.09 bits per heavy atom. The summed E-state index contributed by atoms with van der Waals surface area (Å²) in [7, 11) is 0. The first-order chi connectivity index (χ1) is 10.8. The summed E-state index contributed by atoms with van der Waals surface area (Å²) >= 11 is 7.17. The van der Waals surface area contributed by atoms with Gasteiger partial charge in [-0.2, -0.15) is 0 Å². The van der Waals surface area contributed by atoms with E-state index in [0.717, 1.165) is 10.8 Å². The molecule has 1 unspecified atom stereocenters. The van der Waals surface area contributed by atoms with Crippen molar-refractivity contribution in [1.82, 2.24) is 4.98 Å². The lowest BCUT2D eigenvalue weighted by molar-refractivity contribution is 0.0353. The Labute approximate surface area is 142 Å². The van der Waals surface area contributed by atoms with Gasteiger partial charge in [0, 0.05) is 6.20 Å². The van der Waals surface area contributed by atoms with E-state index in [9.17, 15) is 15.3 Å². The maximum absolute atomic E-state index is 11.3. The van der Waals surface area contributed by atoms with Crippen molar-refractivity contribution in [3.05, 3.63) is 51.4 Å². The fourth-order valence-corrected chi connectivity index (χ4v) is 3.90. The number of nitrogens with zero attached hydrogens (tertiary/aromatic N) is 1. The lowest BCUT2D eigenvalue weighted by Crippen LogP contribution is -2.32. The highest BCUT2D eigenvalue weighted by molar-refractivity contribution is 7.15. The molecule has 120 valence electrons. The van der Waals surface area contributed by atoms with Gasteiger partial charge in [0.2, 0.25) is 0 Å². The summed E-state index contributed by atoms with van der Waals surface area (Å²) in [4.78, 5) is 4.70. The highest BCUT2D eigenvalue weighted by Crippen LogP contribution is 2.42. The smallest absolute Gasteiger partial charge is 0.183 e. The SMILES string of the molecule is CC(C)C(O)(c1ccc2cc(O)c(O)cc2c1)c1cnc(Cl)s1. The lowest BCUT2D eigenvalue weighted by atomic mass is 9.81. The minimum absolute atomic E-state index is 0.109. The van der Waals surface area contributed by atoms with Gasteiger partial charge in [0.25, 0.3) is 0 Å². The van der Waals surface area contributed by atoms with Crippen molar-refractivity contribution in [3.8, 4) is 11.5 Å². The van der Waals surface area contributed by atoms with Gasteiger partial charge in [-0.05, 0) is 40.5 Å². The largest absolute Gasteiger partial charge is 0.504 e. The molecule has 0 saturated carbocycles. The Hall–Kier alpha value is -1.82. The molecular formula is C17H16ClNO3S. The second-order valence-corrected chi connectivity index (χ2v) is 7.41. The molecule has 23 heavy (non-hydrogen) atoms. The fraction of sp³-hybridized carbons (Fsp3) is 0.235. The summed E-state index contributed by atoms with van der Waals surface area (Å²) in [6.45, 7) is 3.85. The second-order valence-electron chi connectivity index (χ2n) is 5.80. The maximum Gasteiger partial charge on any atom is 0.183 e. The van der Waals surface area contributed by atoms with Crippen LogP contribution in [0.5, 0.6) is 11.5 Å². The van der Waals surface area contributed by atoms with Gasteiger partial charge in [-0.1, -0.05) is 37.6 Å². The molecule has 3 N–H and O–H groups in total. The number of thiazole rings is 1. The van der Waals surface area contributed by atoms with E-state index in [1.54, 1.807) is 12.3 Å². The van der Waals surface area contributed by atoms with Crippen molar-refractivity contribution in [1.29, 1.82) is 0 Å². The molecule has 1 atom stereocenters. The van der Waals surface area contributed by atoms with E-state index in [1.165, 1.54) is 23.5 Å². The van der Waals surface area contributed by atoms with Crippen molar-refractivity contribution >= 4 is 33.7 Å². The normalized spacial score (nSPS) is 14.3. The average molecular weight is 350 g/mol. The predicted molar refractivity (Wildman–Crippen MR) is 92.2 cm³/mol. The zero-order valence-corrected chi connectivity index (χ0v) is 14.2. The summed E-state index contributed by atoms with van der Waals surface area (Å²) in [5.41, 5.74) is -0.544. The van der Waals surface area contributed by atoms with E-state index in [0.29, 0.717) is 14.9 Å². The van der Waals surface area contributed by atoms with Gasteiger partial charge in [0.15, 0.2) is 16.0 Å². The molecule has 4 nitrogen and oxygen atoms in total. The lowest BCUT2D eigenvalue weighted by Gasteiger charge is -2.31. The van der Waals surface area contributed by atoms with Crippen LogP contribution >= 0.6 is 22.9 Å². The number of phenolic OH excluding ortho intramolecular Hbond substituents is 2. The topological polar surface area (TPSA) is 73.6 Å². The zero-order chi connectivity index (χ0) is 16.8. The molecule has 0 aliphatic rings. The molecule has 0 bridgehead atoms. The van der Waals surface area contributed by atoms with Crippen molar-refractivity contribution in [3.63, 3.8) is 0 Å². The molecule has 3 rings (SSSR count). The van der Waals surface area contributed by atoms with Crippen LogP contribution in [0.15, 0.2) is 36.5 Å². The van der Waals surface area contributed by atoms with Crippen molar-refractivity contribution in [2.75, 3.05) is 0 Å². The first kappa shape index (κ1) is 16.1. The Morgan fingerprint density at radius 3 is 2.30 bits per heavy atom. The van der Waals surface area contributed by atoms with Gasteiger partial charge >= 0.3 is 0 Å². The van der Waals surface area contributed by atoms with E-state index in [4.69, 9.17) is 11.6 Å². The number of aromatic hydroxyl groups is 2. The first-order valence-electron chi connectivity index (χ1n) is 7.12. The number of phenols is 2. The summed E-state index contributed by atoms with van der Waals surface area (Å²) in [5, 5.41) is 32.1. The summed E-state index contributed by atoms with van der Waals surface area (Å²) in [5.74, 6) is -0.468. The molecule has 0 amide bonds. The van der Waals surface area contributed by atoms with E-state index < -0.39 is 5.60 Å². The van der Waals surface area contributed by atoms with Crippen LogP contribution in [0, 0.1) is 5.92 Å². The maximum atomic E-state index is 11.3. The number of aromatic nitrogens is 1. The molecule has 3 aromatic rings. The van der Waals surface area contributed by atoms with Gasteiger partial charge in [-0.25, -0.2) is 4.98 Å². The molecule has 0 fully saturated rings. The molecule has 2 aromatic carbocycles. The molecule has 0 saturated heterocycles. The Morgan fingerprint density at radius 2 is 1.74 bits per heavy atom. The van der Waals surface area contributed by atoms with Crippen molar-refractivity contribution in [2.45, 2.75) is 19.4 Å². The number of aliphatic hydroxyl groups is 1. The molecule has 0 spiro atoms. The van der Waals surface area contributed by atoms with Gasteiger partial charge in [-0.3, -0.25) is 0 Å². The van der Waals surface area contributed by atoms with E-state index in [1.807, 2.05) is 26.0 Å². The van der Waals surface area contributed by atoms with E-state index >= 15 is 0 Å². The van der Waals surface area contributed by atoms with Crippen LogP contribution in [0.2, 0.25) is 4.47 Å². The number of hydrogen-bond acceptors (Lipinski definition) is 5. The minimum Gasteiger partial charge on any atom is -0.504 e. The molecule has 1 heterocycles. The predicted octanol–water partition coefficient (Wildman–Crippen LogP) is 4.25. The highest BCUT2D eigenvalue weighted by Gasteiger charge is 2.37. The van der Waals surface area contributed by atoms with Gasteiger partial charge in [0.05, 0.1) is 4.88 Å². The number of rotatable bonds is 3. The van der Waals surface area contributed by atoms with Gasteiger partial charge < -0.3 is 15.3 Å². The van der Waals surface area contributed by atoms with Crippen LogP contribution in [0.4, 0.5) is 0 Å². The third kappa shape index (κ3) is 2.65. The van der Waals surface area contributed by atoms with Crippen LogP contribution in [-0.2, 0) is 5.60 Å². The van der Waals surface area contributed by atoms with Crippen LogP contribution in [0.25, 0.3) is 10.8 Å². The number of fused-ring (bicyclic) bond motifs is 1. The minimum atomic E-state index is -1.23. The fourth-order valence-electron chi connectivity index (χ4n) is 2.70. The summed E-state index contributed by atoms with van der Waals surface area (Å²) < 4.78 is 0.377. The Balaban J connectivity index is 2.21. The van der Waals surface area contributed by atoms with Crippen LogP contribution < -0.4 is 0 Å². The molecular weight excluding hydrogens is 334 g/mol. The van der Waals surface area contributed by atoms with Crippen LogP contribution in [0.3, 0.4) is 0 Å². The Kier molecular flexibility index (Phi) is 3.96. The molecule has 6 heteroatoms. The Bertz CT molecular complexity index is 877. The third-order valence-electron chi connectivity index (χ3n) is 4.06. The number of halogens is 1. The first-order valence-corrected chi connectivity index (χ1v) is 8.32. The standard InChI is InChI=1S/C17H16ClNO3S/c1-9(2)17(22,15-8-19-16(18)23-15)12-4-3-10-6-13(20)14(21)7-11(10)5-12/h3-9,20-22H,1-2H3. The zero-order valence-electron chi connectivity index (χ0n) is 12.6. The average Bonchev–Trinajstić information content (AvgIpc) is 2.94. The van der Waals surface area contributed by atoms with Gasteiger partial charge in [0.1, 0.15) is 5.60 Å². The molecule has 0 aliphatic carbocycles. The monoisotopic (exact) mass is 349 g/mol. The van der Waals surface area contributed by atoms with E-state index in [-0.39, 0.29) is 17.4 Å². The quantitative estimate of drug-likeness (QED) is 0.618. The molecule has 0 aliphatic heterocycles. The molecule has 1 aromatic heterocycles. The van der Waals surface area contributed by atoms with Crippen molar-refractivity contribution in [2.24, 2.45) is 5.92 Å². The second kappa shape index (κ2) is 5.67. The van der Waals surface area contributed by atoms with Crippen molar-refractivity contribution < 1.29 is 15.3 Å². The third-order valence-corrected chi connectivity index (χ3v) is 5.30. The summed E-state index contributed by atoms with van der Waals surface area (Å²) in [6.07, 6.45) is 1.59. The van der Waals surface area contributed by atoms with E-state index in [2.05, 4.69) is 4.98 Å². The highest BCUT2D eigenvalue weighted by atomic mass is 35.5. The number of hydrogen-bond donors (Lipinski definition) is 3. The number of benzene rings is 2.